The molecule has 29 heavy (non-hydrogen) atoms. The predicted octanol–water partition coefficient (Wildman–Crippen LogP) is 2.14. The van der Waals surface area contributed by atoms with Crippen LogP contribution < -0.4 is 14.9 Å². The summed E-state index contributed by atoms with van der Waals surface area (Å²) in [7, 11) is -3.75. The lowest BCUT2D eigenvalue weighted by atomic mass is 10.1. The fourth-order valence-electron chi connectivity index (χ4n) is 3.49. The van der Waals surface area contributed by atoms with Gasteiger partial charge < -0.3 is 10.2 Å². The molecule has 0 bridgehead atoms. The van der Waals surface area contributed by atoms with Gasteiger partial charge in [-0.05, 0) is 49.9 Å². The molecule has 2 aromatic rings. The maximum absolute atomic E-state index is 12.6. The normalized spacial score (nSPS) is 18.5. The maximum atomic E-state index is 12.6. The summed E-state index contributed by atoms with van der Waals surface area (Å²) in [4.78, 5) is 30.3. The molecular formula is C19H22N4O4S2. The third kappa shape index (κ3) is 4.34. The van der Waals surface area contributed by atoms with Crippen molar-refractivity contribution < 1.29 is 18.0 Å². The van der Waals surface area contributed by atoms with Crippen molar-refractivity contribution in [2.24, 2.45) is 5.92 Å². The molecule has 1 aromatic carbocycles. The molecule has 2 aliphatic rings. The Labute approximate surface area is 173 Å². The van der Waals surface area contributed by atoms with E-state index in [2.05, 4.69) is 15.0 Å². The number of hydrogen-bond acceptors (Lipinski definition) is 6. The van der Waals surface area contributed by atoms with Gasteiger partial charge in [-0.2, -0.15) is 0 Å². The summed E-state index contributed by atoms with van der Waals surface area (Å²) >= 11 is 1.30. The van der Waals surface area contributed by atoms with Gasteiger partial charge >= 0.3 is 0 Å². The first kappa shape index (κ1) is 20.0. The monoisotopic (exact) mass is 434 g/mol. The van der Waals surface area contributed by atoms with Crippen molar-refractivity contribution in [3.05, 3.63) is 35.3 Å². The van der Waals surface area contributed by atoms with Gasteiger partial charge in [0, 0.05) is 42.2 Å². The molecule has 10 heteroatoms. The Kier molecular flexibility index (Phi) is 5.41. The van der Waals surface area contributed by atoms with Gasteiger partial charge in [0.2, 0.25) is 21.8 Å². The summed E-state index contributed by atoms with van der Waals surface area (Å²) in [6.45, 7) is 1.97. The van der Waals surface area contributed by atoms with Crippen LogP contribution in [-0.2, 0) is 26.0 Å². The largest absolute Gasteiger partial charge is 0.309 e. The molecule has 0 radical (unpaired) electrons. The molecule has 1 unspecified atom stereocenters. The van der Waals surface area contributed by atoms with E-state index in [1.54, 1.807) is 28.6 Å². The van der Waals surface area contributed by atoms with Crippen molar-refractivity contribution in [3.63, 3.8) is 0 Å². The molecule has 1 saturated carbocycles. The fraction of sp³-hybridized carbons (Fsp3) is 0.421. The minimum atomic E-state index is -3.75. The number of benzene rings is 1. The highest BCUT2D eigenvalue weighted by Gasteiger charge is 2.39. The van der Waals surface area contributed by atoms with Crippen LogP contribution in [0.4, 0.5) is 10.8 Å². The van der Waals surface area contributed by atoms with E-state index in [0.29, 0.717) is 11.6 Å². The lowest BCUT2D eigenvalue weighted by molar-refractivity contribution is -0.120. The van der Waals surface area contributed by atoms with Gasteiger partial charge in [0.25, 0.3) is 0 Å². The Morgan fingerprint density at radius 2 is 2.10 bits per heavy atom. The van der Waals surface area contributed by atoms with E-state index in [1.165, 1.54) is 17.4 Å². The summed E-state index contributed by atoms with van der Waals surface area (Å²) in [5.41, 5.74) is 1.66. The Hall–Kier alpha value is -2.30. The second kappa shape index (κ2) is 7.85. The van der Waals surface area contributed by atoms with Crippen LogP contribution in [0.3, 0.4) is 0 Å². The highest BCUT2D eigenvalue weighted by Crippen LogP contribution is 2.39. The number of hydrogen-bond donors (Lipinski definition) is 2. The van der Waals surface area contributed by atoms with E-state index >= 15 is 0 Å². The summed E-state index contributed by atoms with van der Waals surface area (Å²) in [5, 5.41) is 4.84. The SMILES string of the molecule is CC1Cc2cc(S(=O)(=O)NCCC(=O)Nc3nccs3)ccc2N1C(=O)C1CC1. The first-order chi connectivity index (χ1) is 13.8. The number of carbonyl (C=O) groups excluding carboxylic acids is 2. The number of sulfonamides is 1. The van der Waals surface area contributed by atoms with Gasteiger partial charge in [0.15, 0.2) is 5.13 Å². The molecule has 154 valence electrons. The average Bonchev–Trinajstić information content (AvgIpc) is 3.30. The van der Waals surface area contributed by atoms with Gasteiger partial charge in [-0.1, -0.05) is 0 Å². The molecule has 2 N–H and O–H groups in total. The average molecular weight is 435 g/mol. The highest BCUT2D eigenvalue weighted by molar-refractivity contribution is 7.89. The third-order valence-corrected chi connectivity index (χ3v) is 7.21. The number of carbonyl (C=O) groups is 2. The van der Waals surface area contributed by atoms with Gasteiger partial charge in [0.05, 0.1) is 4.90 Å². The smallest absolute Gasteiger partial charge is 0.240 e. The van der Waals surface area contributed by atoms with Crippen molar-refractivity contribution >= 4 is 44.0 Å². The summed E-state index contributed by atoms with van der Waals surface area (Å²) < 4.78 is 27.7. The summed E-state index contributed by atoms with van der Waals surface area (Å²) in [6, 6.07) is 4.88. The van der Waals surface area contributed by atoms with Crippen LogP contribution in [0.2, 0.25) is 0 Å². The minimum absolute atomic E-state index is 0.00442. The van der Waals surface area contributed by atoms with E-state index in [-0.39, 0.29) is 41.6 Å². The molecule has 4 rings (SSSR count). The number of aromatic nitrogens is 1. The first-order valence-electron chi connectivity index (χ1n) is 9.50. The zero-order chi connectivity index (χ0) is 20.6. The van der Waals surface area contributed by atoms with Crippen LogP contribution in [0.15, 0.2) is 34.7 Å². The quantitative estimate of drug-likeness (QED) is 0.694. The Morgan fingerprint density at radius 1 is 1.31 bits per heavy atom. The molecule has 1 atom stereocenters. The van der Waals surface area contributed by atoms with Crippen molar-refractivity contribution in [2.45, 2.75) is 43.5 Å². The Balaban J connectivity index is 1.39. The molecule has 0 saturated heterocycles. The number of fused-ring (bicyclic) bond motifs is 1. The zero-order valence-corrected chi connectivity index (χ0v) is 17.6. The molecular weight excluding hydrogens is 412 g/mol. The van der Waals surface area contributed by atoms with Gasteiger partial charge in [-0.15, -0.1) is 11.3 Å². The second-order valence-corrected chi connectivity index (χ2v) is 10.0. The number of anilines is 2. The standard InChI is InChI=1S/C19H22N4O4S2/c1-12-10-14-11-15(4-5-16(14)23(12)18(25)13-2-3-13)29(26,27)21-7-6-17(24)22-19-20-8-9-28-19/h4-5,8-9,11-13,21H,2-3,6-7,10H2,1H3,(H,20,22,24). The van der Waals surface area contributed by atoms with E-state index in [0.717, 1.165) is 24.1 Å². The lowest BCUT2D eigenvalue weighted by Gasteiger charge is -2.22. The third-order valence-electron chi connectivity index (χ3n) is 5.06. The van der Waals surface area contributed by atoms with E-state index < -0.39 is 10.0 Å². The van der Waals surface area contributed by atoms with Crippen LogP contribution in [-0.4, -0.2) is 37.8 Å². The molecule has 0 spiro atoms. The molecule has 1 aromatic heterocycles. The molecule has 1 aliphatic heterocycles. The minimum Gasteiger partial charge on any atom is -0.309 e. The van der Waals surface area contributed by atoms with Crippen LogP contribution >= 0.6 is 11.3 Å². The van der Waals surface area contributed by atoms with Crippen LogP contribution in [0, 0.1) is 5.92 Å². The lowest BCUT2D eigenvalue weighted by Crippen LogP contribution is -2.36. The van der Waals surface area contributed by atoms with Gasteiger partial charge in [0.1, 0.15) is 0 Å². The van der Waals surface area contributed by atoms with Crippen molar-refractivity contribution in [1.82, 2.24) is 9.71 Å². The molecule has 1 fully saturated rings. The van der Waals surface area contributed by atoms with E-state index in [4.69, 9.17) is 0 Å². The maximum Gasteiger partial charge on any atom is 0.240 e. The Morgan fingerprint density at radius 3 is 2.79 bits per heavy atom. The predicted molar refractivity (Wildman–Crippen MR) is 110 cm³/mol. The Bertz CT molecular complexity index is 1030. The number of nitrogens with zero attached hydrogens (tertiary/aromatic N) is 2. The molecule has 1 aliphatic carbocycles. The zero-order valence-electron chi connectivity index (χ0n) is 15.9. The van der Waals surface area contributed by atoms with E-state index in [1.807, 2.05) is 6.92 Å². The summed E-state index contributed by atoms with van der Waals surface area (Å²) in [6.07, 6.45) is 4.09. The number of nitrogens with one attached hydrogen (secondary N) is 2. The molecule has 2 heterocycles. The van der Waals surface area contributed by atoms with Crippen LogP contribution in [0.5, 0.6) is 0 Å². The number of rotatable bonds is 7. The van der Waals surface area contributed by atoms with Crippen LogP contribution in [0.1, 0.15) is 31.7 Å². The topological polar surface area (TPSA) is 108 Å². The first-order valence-corrected chi connectivity index (χ1v) is 11.9. The number of thiazole rings is 1. The molecule has 2 amide bonds. The second-order valence-electron chi connectivity index (χ2n) is 7.36. The van der Waals surface area contributed by atoms with E-state index in [9.17, 15) is 18.0 Å². The molecule has 8 nitrogen and oxygen atoms in total. The fourth-order valence-corrected chi connectivity index (χ4v) is 5.11. The van der Waals surface area contributed by atoms with Crippen molar-refractivity contribution in [2.75, 3.05) is 16.8 Å². The van der Waals surface area contributed by atoms with Gasteiger partial charge in [-0.25, -0.2) is 18.1 Å². The highest BCUT2D eigenvalue weighted by atomic mass is 32.2. The van der Waals surface area contributed by atoms with Crippen molar-refractivity contribution in [1.29, 1.82) is 0 Å². The number of amides is 2. The van der Waals surface area contributed by atoms with Crippen molar-refractivity contribution in [3.8, 4) is 0 Å². The van der Waals surface area contributed by atoms with Gasteiger partial charge in [-0.3, -0.25) is 9.59 Å². The van der Waals surface area contributed by atoms with Crippen LogP contribution in [0.25, 0.3) is 0 Å². The summed E-state index contributed by atoms with van der Waals surface area (Å²) in [5.74, 6) is -0.0557.